The summed E-state index contributed by atoms with van der Waals surface area (Å²) in [6.45, 7) is 3.93. The van der Waals surface area contributed by atoms with Gasteiger partial charge in [0, 0.05) is 0 Å². The summed E-state index contributed by atoms with van der Waals surface area (Å²) >= 11 is 0. The molecule has 4 heteroatoms. The monoisotopic (exact) mass is 250 g/mol. The summed E-state index contributed by atoms with van der Waals surface area (Å²) in [4.78, 5) is 22.3. The Morgan fingerprint density at radius 3 is 2.17 bits per heavy atom. The van der Waals surface area contributed by atoms with Gasteiger partial charge in [-0.25, -0.2) is 4.79 Å². The molecular formula is C14H18O4. The lowest BCUT2D eigenvalue weighted by atomic mass is 9.89. The van der Waals surface area contributed by atoms with Gasteiger partial charge in [-0.1, -0.05) is 26.0 Å². The van der Waals surface area contributed by atoms with Crippen LogP contribution in [0.4, 0.5) is 0 Å². The van der Waals surface area contributed by atoms with Crippen molar-refractivity contribution >= 4 is 11.9 Å². The molecule has 0 bridgehead atoms. The first-order chi connectivity index (χ1) is 8.45. The molecule has 18 heavy (non-hydrogen) atoms. The molecule has 0 saturated heterocycles. The summed E-state index contributed by atoms with van der Waals surface area (Å²) in [7, 11) is 1.38. The third-order valence-electron chi connectivity index (χ3n) is 2.97. The lowest BCUT2D eigenvalue weighted by Gasteiger charge is -2.18. The molecule has 0 aliphatic carbocycles. The highest BCUT2D eigenvalue weighted by atomic mass is 16.5. The zero-order valence-electron chi connectivity index (χ0n) is 10.8. The Kier molecular flexibility index (Phi) is 4.89. The van der Waals surface area contributed by atoms with Gasteiger partial charge in [0.1, 0.15) is 0 Å². The number of benzene rings is 1. The van der Waals surface area contributed by atoms with Crippen LogP contribution in [0.1, 0.15) is 29.8 Å². The van der Waals surface area contributed by atoms with E-state index >= 15 is 0 Å². The molecule has 1 atom stereocenters. The highest BCUT2D eigenvalue weighted by molar-refractivity contribution is 5.87. The van der Waals surface area contributed by atoms with E-state index in [2.05, 4.69) is 0 Å². The van der Waals surface area contributed by atoms with Gasteiger partial charge >= 0.3 is 11.9 Å². The Balaban J connectivity index is 2.81. The van der Waals surface area contributed by atoms with Crippen molar-refractivity contribution < 1.29 is 19.4 Å². The molecule has 0 spiro atoms. The fourth-order valence-electron chi connectivity index (χ4n) is 1.78. The molecule has 1 rings (SSSR count). The van der Waals surface area contributed by atoms with Crippen LogP contribution < -0.4 is 0 Å². The predicted molar refractivity (Wildman–Crippen MR) is 67.4 cm³/mol. The van der Waals surface area contributed by atoms with Crippen molar-refractivity contribution in [2.45, 2.75) is 20.3 Å². The number of ether oxygens (including phenoxy) is 1. The van der Waals surface area contributed by atoms with Crippen LogP contribution in [0.3, 0.4) is 0 Å². The first-order valence-electron chi connectivity index (χ1n) is 5.85. The summed E-state index contributed by atoms with van der Waals surface area (Å²) in [5.41, 5.74) is 1.18. The minimum Gasteiger partial charge on any atom is -0.478 e. The molecule has 1 aromatic carbocycles. The van der Waals surface area contributed by atoms with E-state index in [1.54, 1.807) is 24.3 Å². The summed E-state index contributed by atoms with van der Waals surface area (Å²) < 4.78 is 4.77. The van der Waals surface area contributed by atoms with Crippen LogP contribution in [0.5, 0.6) is 0 Å². The SMILES string of the molecule is COC(=O)C(Cc1ccc(C(=O)O)cc1)C(C)C. The Morgan fingerprint density at radius 1 is 1.22 bits per heavy atom. The number of rotatable bonds is 5. The number of carboxylic acid groups (broad SMARTS) is 1. The Bertz CT molecular complexity index is 420. The van der Waals surface area contributed by atoms with Crippen molar-refractivity contribution in [2.75, 3.05) is 7.11 Å². The van der Waals surface area contributed by atoms with Crippen LogP contribution >= 0.6 is 0 Å². The van der Waals surface area contributed by atoms with Gasteiger partial charge in [-0.05, 0) is 30.0 Å². The topological polar surface area (TPSA) is 63.6 Å². The van der Waals surface area contributed by atoms with Crippen LogP contribution in [0.25, 0.3) is 0 Å². The van der Waals surface area contributed by atoms with E-state index in [9.17, 15) is 9.59 Å². The quantitative estimate of drug-likeness (QED) is 0.815. The largest absolute Gasteiger partial charge is 0.478 e. The van der Waals surface area contributed by atoms with Crippen LogP contribution in [0, 0.1) is 11.8 Å². The molecule has 0 saturated carbocycles. The summed E-state index contributed by atoms with van der Waals surface area (Å²) in [5, 5.41) is 8.80. The minimum atomic E-state index is -0.949. The van der Waals surface area contributed by atoms with Crippen LogP contribution in [0.2, 0.25) is 0 Å². The average Bonchev–Trinajstić information content (AvgIpc) is 2.35. The fourth-order valence-corrected chi connectivity index (χ4v) is 1.78. The number of carbonyl (C=O) groups excluding carboxylic acids is 1. The van der Waals surface area contributed by atoms with Crippen molar-refractivity contribution in [2.24, 2.45) is 11.8 Å². The molecule has 1 aromatic rings. The molecule has 0 amide bonds. The van der Waals surface area contributed by atoms with Gasteiger partial charge in [0.25, 0.3) is 0 Å². The van der Waals surface area contributed by atoms with E-state index < -0.39 is 5.97 Å². The maximum absolute atomic E-state index is 11.6. The van der Waals surface area contributed by atoms with E-state index in [0.29, 0.717) is 6.42 Å². The molecule has 1 unspecified atom stereocenters. The van der Waals surface area contributed by atoms with Crippen molar-refractivity contribution in [3.05, 3.63) is 35.4 Å². The molecule has 98 valence electrons. The fraction of sp³-hybridized carbons (Fsp3) is 0.429. The van der Waals surface area contributed by atoms with Crippen LogP contribution in [0.15, 0.2) is 24.3 Å². The molecule has 0 heterocycles. The highest BCUT2D eigenvalue weighted by Gasteiger charge is 2.23. The number of aromatic carboxylic acids is 1. The Labute approximate surface area is 107 Å². The van der Waals surface area contributed by atoms with Gasteiger partial charge in [-0.2, -0.15) is 0 Å². The number of carbonyl (C=O) groups is 2. The number of esters is 1. The molecule has 0 fully saturated rings. The van der Waals surface area contributed by atoms with Gasteiger partial charge in [0.2, 0.25) is 0 Å². The summed E-state index contributed by atoms with van der Waals surface area (Å²) in [6, 6.07) is 6.57. The number of hydrogen-bond donors (Lipinski definition) is 1. The standard InChI is InChI=1S/C14H18O4/c1-9(2)12(14(17)18-3)8-10-4-6-11(7-5-10)13(15)16/h4-7,9,12H,8H2,1-3H3,(H,15,16). The number of methoxy groups -OCH3 is 1. The van der Waals surface area contributed by atoms with E-state index in [1.165, 1.54) is 7.11 Å². The smallest absolute Gasteiger partial charge is 0.335 e. The molecular weight excluding hydrogens is 232 g/mol. The Morgan fingerprint density at radius 2 is 1.78 bits per heavy atom. The Hall–Kier alpha value is -1.84. The summed E-state index contributed by atoms with van der Waals surface area (Å²) in [5.74, 6) is -1.20. The zero-order valence-corrected chi connectivity index (χ0v) is 10.8. The third kappa shape index (κ3) is 3.58. The number of hydrogen-bond acceptors (Lipinski definition) is 3. The van der Waals surface area contributed by atoms with E-state index in [4.69, 9.17) is 9.84 Å². The molecule has 0 aromatic heterocycles. The second kappa shape index (κ2) is 6.19. The van der Waals surface area contributed by atoms with E-state index in [1.807, 2.05) is 13.8 Å². The highest BCUT2D eigenvalue weighted by Crippen LogP contribution is 2.19. The van der Waals surface area contributed by atoms with Crippen molar-refractivity contribution in [3.8, 4) is 0 Å². The van der Waals surface area contributed by atoms with Gasteiger partial charge in [0.15, 0.2) is 0 Å². The van der Waals surface area contributed by atoms with Gasteiger partial charge in [-0.15, -0.1) is 0 Å². The molecule has 0 aliphatic rings. The van der Waals surface area contributed by atoms with Crippen LogP contribution in [-0.2, 0) is 16.0 Å². The summed E-state index contributed by atoms with van der Waals surface area (Å²) in [6.07, 6.45) is 0.560. The maximum Gasteiger partial charge on any atom is 0.335 e. The second-order valence-corrected chi connectivity index (χ2v) is 4.58. The average molecular weight is 250 g/mol. The van der Waals surface area contributed by atoms with Crippen LogP contribution in [-0.4, -0.2) is 24.2 Å². The van der Waals surface area contributed by atoms with Crippen molar-refractivity contribution in [3.63, 3.8) is 0 Å². The lowest BCUT2D eigenvalue weighted by Crippen LogP contribution is -2.23. The number of carboxylic acids is 1. The van der Waals surface area contributed by atoms with Crippen molar-refractivity contribution in [1.29, 1.82) is 0 Å². The first-order valence-corrected chi connectivity index (χ1v) is 5.85. The zero-order chi connectivity index (χ0) is 13.7. The molecule has 0 radical (unpaired) electrons. The normalized spacial score (nSPS) is 12.2. The minimum absolute atomic E-state index is 0.177. The molecule has 0 aliphatic heterocycles. The van der Waals surface area contributed by atoms with E-state index in [0.717, 1.165) is 5.56 Å². The van der Waals surface area contributed by atoms with Gasteiger partial charge in [-0.3, -0.25) is 4.79 Å². The maximum atomic E-state index is 11.6. The first kappa shape index (κ1) is 14.2. The molecule has 1 N–H and O–H groups in total. The molecule has 4 nitrogen and oxygen atoms in total. The lowest BCUT2D eigenvalue weighted by molar-refractivity contribution is -0.146. The van der Waals surface area contributed by atoms with E-state index in [-0.39, 0.29) is 23.4 Å². The van der Waals surface area contributed by atoms with Gasteiger partial charge in [0.05, 0.1) is 18.6 Å². The van der Waals surface area contributed by atoms with Gasteiger partial charge < -0.3 is 9.84 Å². The second-order valence-electron chi connectivity index (χ2n) is 4.58. The predicted octanol–water partition coefficient (Wildman–Crippen LogP) is 2.37. The third-order valence-corrected chi connectivity index (χ3v) is 2.97. The van der Waals surface area contributed by atoms with Crippen molar-refractivity contribution in [1.82, 2.24) is 0 Å².